The molecular formula is C54H60N6O8. The number of rotatable bonds is 18. The number of aromatic amines is 1. The number of aromatic nitrogens is 1. The van der Waals surface area contributed by atoms with Crippen LogP contribution in [0, 0.1) is 5.92 Å². The van der Waals surface area contributed by atoms with Gasteiger partial charge in [-0.3, -0.25) is 19.5 Å². The van der Waals surface area contributed by atoms with E-state index < -0.39 is 18.2 Å². The van der Waals surface area contributed by atoms with Gasteiger partial charge in [-0.2, -0.15) is 0 Å². The number of H-pyrrole nitrogens is 1. The highest BCUT2D eigenvalue weighted by molar-refractivity contribution is 5.89. The number of benzene rings is 5. The quantitative estimate of drug-likeness (QED) is 0.0594. The Labute approximate surface area is 396 Å². The number of hydrogen-bond donors (Lipinski definition) is 5. The van der Waals surface area contributed by atoms with Crippen molar-refractivity contribution < 1.29 is 34.0 Å². The number of aliphatic hydroxyl groups excluding tert-OH is 1. The minimum absolute atomic E-state index is 0.0333. The molecule has 3 atom stereocenters. The summed E-state index contributed by atoms with van der Waals surface area (Å²) < 4.78 is 17.9. The Morgan fingerprint density at radius 2 is 1.49 bits per heavy atom. The highest BCUT2D eigenvalue weighted by Gasteiger charge is 2.37. The zero-order valence-electron chi connectivity index (χ0n) is 38.2. The van der Waals surface area contributed by atoms with Gasteiger partial charge in [0, 0.05) is 70.4 Å². The summed E-state index contributed by atoms with van der Waals surface area (Å²) in [4.78, 5) is 47.7. The lowest BCUT2D eigenvalue weighted by atomic mass is 9.86. The number of phenolic OH excluding ortho intramolecular Hbond substituents is 1. The number of hydrogen-bond acceptors (Lipinski definition) is 12. The summed E-state index contributed by atoms with van der Waals surface area (Å²) in [7, 11) is 0. The van der Waals surface area contributed by atoms with E-state index in [1.165, 1.54) is 17.7 Å². The Kier molecular flexibility index (Phi) is 15.1. The molecule has 1 amide bonds. The van der Waals surface area contributed by atoms with Crippen LogP contribution in [0.1, 0.15) is 68.7 Å². The van der Waals surface area contributed by atoms with Gasteiger partial charge in [-0.25, -0.2) is 9.59 Å². The molecular weight excluding hydrogens is 861 g/mol. The lowest BCUT2D eigenvalue weighted by Gasteiger charge is -2.43. The summed E-state index contributed by atoms with van der Waals surface area (Å²) in [5.74, 6) is 0.702. The molecule has 0 saturated carbocycles. The lowest BCUT2D eigenvalue weighted by Crippen LogP contribution is -2.52. The molecule has 1 unspecified atom stereocenters. The van der Waals surface area contributed by atoms with Crippen molar-refractivity contribution in [2.75, 3.05) is 65.5 Å². The number of piperazine rings is 1. The topological polar surface area (TPSA) is 169 Å². The van der Waals surface area contributed by atoms with Crippen molar-refractivity contribution >= 4 is 23.0 Å². The zero-order chi connectivity index (χ0) is 46.8. The van der Waals surface area contributed by atoms with Gasteiger partial charge in [-0.05, 0) is 102 Å². The summed E-state index contributed by atoms with van der Waals surface area (Å²) in [5.41, 5.74) is 6.19. The SMILES string of the molecule is O=C(NC(c1ccccc1)c1cccc(OCc2ccc(C(=O)OCCN3CCN(Cc4ccc(CNC[C@@H](O)c5ccc(O)c6[nH]c(=O)ccc56)cc4)CC3)cc2)c1)O[C@H]1CN2CCC1CC2. The molecule has 0 spiro atoms. The van der Waals surface area contributed by atoms with Crippen LogP contribution >= 0.6 is 0 Å². The van der Waals surface area contributed by atoms with Gasteiger partial charge in [0.25, 0.3) is 0 Å². The van der Waals surface area contributed by atoms with Crippen LogP contribution < -0.4 is 20.9 Å². The van der Waals surface area contributed by atoms with Crippen molar-refractivity contribution in [1.29, 1.82) is 0 Å². The Balaban J connectivity index is 0.673. The molecule has 4 fully saturated rings. The molecule has 10 rings (SSSR count). The molecule has 68 heavy (non-hydrogen) atoms. The van der Waals surface area contributed by atoms with Crippen molar-refractivity contribution in [2.45, 2.75) is 50.8 Å². The fraction of sp³-hybridized carbons (Fsp3) is 0.352. The summed E-state index contributed by atoms with van der Waals surface area (Å²) in [6, 6.07) is 39.2. The highest BCUT2D eigenvalue weighted by atomic mass is 16.6. The van der Waals surface area contributed by atoms with Crippen LogP contribution in [0.3, 0.4) is 0 Å². The fourth-order valence-corrected chi connectivity index (χ4v) is 9.58. The van der Waals surface area contributed by atoms with Crippen molar-refractivity contribution in [3.63, 3.8) is 0 Å². The third-order valence-electron chi connectivity index (χ3n) is 13.5. The van der Waals surface area contributed by atoms with E-state index in [-0.39, 0.29) is 23.4 Å². The number of aromatic hydroxyl groups is 1. The van der Waals surface area contributed by atoms with Crippen molar-refractivity contribution in [1.82, 2.24) is 30.3 Å². The molecule has 0 radical (unpaired) electrons. The number of ether oxygens (including phenoxy) is 3. The third-order valence-corrected chi connectivity index (χ3v) is 13.5. The lowest BCUT2D eigenvalue weighted by molar-refractivity contribution is -0.0336. The number of phenols is 1. The molecule has 0 aliphatic carbocycles. The van der Waals surface area contributed by atoms with Crippen LogP contribution in [0.2, 0.25) is 0 Å². The van der Waals surface area contributed by atoms with Gasteiger partial charge >= 0.3 is 12.1 Å². The first kappa shape index (κ1) is 46.6. The monoisotopic (exact) mass is 920 g/mol. The third kappa shape index (κ3) is 11.9. The summed E-state index contributed by atoms with van der Waals surface area (Å²) in [5, 5.41) is 28.1. The number of nitrogens with zero attached hydrogens (tertiary/aromatic N) is 3. The first-order chi connectivity index (χ1) is 33.2. The maximum Gasteiger partial charge on any atom is 0.408 e. The largest absolute Gasteiger partial charge is 0.506 e. The molecule has 5 aromatic carbocycles. The number of piperidine rings is 3. The van der Waals surface area contributed by atoms with Gasteiger partial charge < -0.3 is 40.0 Å². The molecule has 1 aromatic heterocycles. The average Bonchev–Trinajstić information content (AvgIpc) is 3.37. The predicted octanol–water partition coefficient (Wildman–Crippen LogP) is 6.52. The van der Waals surface area contributed by atoms with Crippen LogP contribution in [0.5, 0.6) is 11.5 Å². The van der Waals surface area contributed by atoms with Crippen LogP contribution in [0.4, 0.5) is 4.79 Å². The number of amides is 1. The smallest absolute Gasteiger partial charge is 0.408 e. The molecule has 14 heteroatoms. The summed E-state index contributed by atoms with van der Waals surface area (Å²) >= 11 is 0. The molecule has 6 aromatic rings. The van der Waals surface area contributed by atoms with Gasteiger partial charge in [-0.1, -0.05) is 84.9 Å². The predicted molar refractivity (Wildman–Crippen MR) is 259 cm³/mol. The molecule has 5 N–H and O–H groups in total. The fourth-order valence-electron chi connectivity index (χ4n) is 9.58. The van der Waals surface area contributed by atoms with Gasteiger partial charge in [-0.15, -0.1) is 0 Å². The number of pyridine rings is 1. The van der Waals surface area contributed by atoms with E-state index in [1.807, 2.05) is 66.7 Å². The zero-order valence-corrected chi connectivity index (χ0v) is 38.2. The number of aliphatic hydroxyl groups is 1. The maximum atomic E-state index is 13.3. The second-order valence-corrected chi connectivity index (χ2v) is 18.1. The van der Waals surface area contributed by atoms with E-state index in [0.717, 1.165) is 87.5 Å². The number of esters is 1. The molecule has 4 aliphatic heterocycles. The minimum atomic E-state index is -0.819. The number of carbonyl (C=O) groups excluding carboxylic acids is 2. The second-order valence-electron chi connectivity index (χ2n) is 18.1. The van der Waals surface area contributed by atoms with Gasteiger partial charge in [0.05, 0.1) is 23.2 Å². The van der Waals surface area contributed by atoms with Gasteiger partial charge in [0.2, 0.25) is 5.56 Å². The molecule has 14 nitrogen and oxygen atoms in total. The Morgan fingerprint density at radius 3 is 2.24 bits per heavy atom. The molecule has 4 aliphatic rings. The summed E-state index contributed by atoms with van der Waals surface area (Å²) in [6.07, 6.45) is 0.824. The standard InChI is InChI=1S/C54H60N6O8/c61-47-19-17-45(46-18-20-50(63)56-52(46)47)48(62)33-55-32-37-9-11-38(12-10-37)34-60-27-25-58(26-28-60)29-30-66-53(64)42-15-13-39(14-16-42)36-67-44-8-4-7-43(31-44)51(41-5-2-1-3-6-41)57-54(65)68-49-35-59-23-21-40(49)22-24-59/h1-20,31,40,48-49,51,55,61-62H,21-30,32-36H2,(H,56,63)(H,57,65)/t48-,49+,51?/m1/s1. The maximum absolute atomic E-state index is 13.3. The van der Waals surface area contributed by atoms with E-state index in [2.05, 4.69) is 54.6 Å². The number of alkyl carbamates (subject to hydrolysis) is 1. The van der Waals surface area contributed by atoms with Gasteiger partial charge in [0.15, 0.2) is 0 Å². The molecule has 2 bridgehead atoms. The van der Waals surface area contributed by atoms with Crippen LogP contribution in [-0.2, 0) is 29.2 Å². The van der Waals surface area contributed by atoms with E-state index >= 15 is 0 Å². The first-order valence-electron chi connectivity index (χ1n) is 23.7. The summed E-state index contributed by atoms with van der Waals surface area (Å²) in [6.45, 7) is 9.61. The number of carbonyl (C=O) groups is 2. The Bertz CT molecular complexity index is 2680. The van der Waals surface area contributed by atoms with Gasteiger partial charge in [0.1, 0.15) is 30.8 Å². The minimum Gasteiger partial charge on any atom is -0.506 e. The first-order valence-corrected chi connectivity index (χ1v) is 23.7. The van der Waals surface area contributed by atoms with E-state index in [9.17, 15) is 24.6 Å². The van der Waals surface area contributed by atoms with E-state index in [1.54, 1.807) is 24.3 Å². The highest BCUT2D eigenvalue weighted by Crippen LogP contribution is 2.32. The average molecular weight is 921 g/mol. The number of fused-ring (bicyclic) bond motifs is 4. The molecule has 354 valence electrons. The Hall–Kier alpha value is -6.55. The van der Waals surface area contributed by atoms with Crippen LogP contribution in [-0.4, -0.2) is 114 Å². The van der Waals surface area contributed by atoms with E-state index in [0.29, 0.717) is 66.5 Å². The van der Waals surface area contributed by atoms with Crippen molar-refractivity contribution in [3.05, 3.63) is 177 Å². The molecule has 5 heterocycles. The Morgan fingerprint density at radius 1 is 0.765 bits per heavy atom. The van der Waals surface area contributed by atoms with Crippen LogP contribution in [0.15, 0.2) is 132 Å². The second kappa shape index (κ2) is 22.0. The number of nitrogens with one attached hydrogen (secondary N) is 3. The normalized spacial score (nSPS) is 19.3. The molecule has 4 saturated heterocycles. The van der Waals surface area contributed by atoms with Crippen molar-refractivity contribution in [3.8, 4) is 11.5 Å². The van der Waals surface area contributed by atoms with E-state index in [4.69, 9.17) is 14.2 Å². The van der Waals surface area contributed by atoms with Crippen molar-refractivity contribution in [2.24, 2.45) is 5.92 Å². The van der Waals surface area contributed by atoms with Crippen LogP contribution in [0.25, 0.3) is 10.9 Å².